The molecule has 19 heavy (non-hydrogen) atoms. The lowest BCUT2D eigenvalue weighted by atomic mass is 9.83. The topological polar surface area (TPSA) is 34.1 Å². The fourth-order valence-corrected chi connectivity index (χ4v) is 3.19. The number of rotatable bonds is 10. The number of unbranched alkanes of at least 4 members (excludes halogenated alkanes) is 4. The summed E-state index contributed by atoms with van der Waals surface area (Å²) in [6.07, 6.45) is 11.4. The lowest BCUT2D eigenvalue weighted by Crippen LogP contribution is -2.17. The zero-order valence-electron chi connectivity index (χ0n) is 12.3. The molecule has 1 rings (SSSR count). The Labute approximate surface area is 117 Å². The van der Waals surface area contributed by atoms with Gasteiger partial charge in [0.1, 0.15) is 12.1 Å². The molecule has 2 heteroatoms. The first-order chi connectivity index (χ1) is 9.20. The van der Waals surface area contributed by atoms with Gasteiger partial charge in [0.05, 0.1) is 0 Å². The Morgan fingerprint density at radius 2 is 2.05 bits per heavy atom. The van der Waals surface area contributed by atoms with Gasteiger partial charge >= 0.3 is 0 Å². The van der Waals surface area contributed by atoms with Crippen molar-refractivity contribution in [1.82, 2.24) is 0 Å². The maximum absolute atomic E-state index is 12.0. The second kappa shape index (κ2) is 9.06. The summed E-state index contributed by atoms with van der Waals surface area (Å²) in [5.74, 6) is 0.897. The van der Waals surface area contributed by atoms with Crippen molar-refractivity contribution in [3.05, 3.63) is 12.2 Å². The monoisotopic (exact) mass is 264 g/mol. The summed E-state index contributed by atoms with van der Waals surface area (Å²) in [6.45, 7) is 6.28. The summed E-state index contributed by atoms with van der Waals surface area (Å²) < 4.78 is 0. The van der Waals surface area contributed by atoms with Gasteiger partial charge in [0, 0.05) is 18.8 Å². The lowest BCUT2D eigenvalue weighted by molar-refractivity contribution is -0.120. The molecule has 0 saturated heterocycles. The van der Waals surface area contributed by atoms with Crippen LogP contribution in [0, 0.1) is 11.8 Å². The van der Waals surface area contributed by atoms with Gasteiger partial charge in [-0.1, -0.05) is 51.2 Å². The maximum atomic E-state index is 12.0. The number of aldehydes is 1. The summed E-state index contributed by atoms with van der Waals surface area (Å²) >= 11 is 0. The van der Waals surface area contributed by atoms with E-state index in [9.17, 15) is 9.59 Å². The van der Waals surface area contributed by atoms with Crippen LogP contribution in [0.5, 0.6) is 0 Å². The highest BCUT2D eigenvalue weighted by atomic mass is 16.1. The van der Waals surface area contributed by atoms with E-state index in [1.807, 2.05) is 0 Å². The smallest absolute Gasteiger partial charge is 0.140 e. The molecule has 0 aliphatic heterocycles. The van der Waals surface area contributed by atoms with E-state index in [-0.39, 0.29) is 5.92 Å². The van der Waals surface area contributed by atoms with Crippen LogP contribution < -0.4 is 0 Å². The number of hydrogen-bond donors (Lipinski definition) is 0. The van der Waals surface area contributed by atoms with Gasteiger partial charge < -0.3 is 4.79 Å². The van der Waals surface area contributed by atoms with E-state index < -0.39 is 0 Å². The number of allylic oxidation sites excluding steroid dienone is 1. The van der Waals surface area contributed by atoms with E-state index in [0.29, 0.717) is 31.0 Å². The molecule has 0 bridgehead atoms. The Hall–Kier alpha value is -0.920. The summed E-state index contributed by atoms with van der Waals surface area (Å²) in [4.78, 5) is 22.4. The van der Waals surface area contributed by atoms with Crippen molar-refractivity contribution >= 4 is 12.1 Å². The molecule has 0 aromatic carbocycles. The third-order valence-corrected chi connectivity index (χ3v) is 4.28. The van der Waals surface area contributed by atoms with Gasteiger partial charge in [-0.2, -0.15) is 0 Å². The van der Waals surface area contributed by atoms with Crippen molar-refractivity contribution in [2.45, 2.75) is 71.1 Å². The van der Waals surface area contributed by atoms with Crippen molar-refractivity contribution in [2.24, 2.45) is 11.8 Å². The minimum absolute atomic E-state index is 0.0473. The van der Waals surface area contributed by atoms with Crippen LogP contribution in [0.4, 0.5) is 0 Å². The fraction of sp³-hybridized carbons (Fsp3) is 0.765. The first kappa shape index (κ1) is 16.1. The summed E-state index contributed by atoms with van der Waals surface area (Å²) in [7, 11) is 0. The van der Waals surface area contributed by atoms with E-state index in [0.717, 1.165) is 24.7 Å². The molecule has 1 aliphatic carbocycles. The fourth-order valence-electron chi connectivity index (χ4n) is 3.19. The van der Waals surface area contributed by atoms with Gasteiger partial charge in [-0.25, -0.2) is 0 Å². The third-order valence-electron chi connectivity index (χ3n) is 4.28. The number of Topliss-reactive ketones (excluding diaryl/α,β-unsaturated/α-hetero) is 1. The predicted octanol–water partition coefficient (Wildman–Crippen LogP) is 4.48. The SMILES string of the molecule is C=C(CCC=O)C1C(=O)CC[C@@H]1CCCCCCC. The maximum Gasteiger partial charge on any atom is 0.140 e. The molecular formula is C17H28O2. The quantitative estimate of drug-likeness (QED) is 0.331. The molecule has 0 heterocycles. The van der Waals surface area contributed by atoms with E-state index >= 15 is 0 Å². The zero-order valence-corrected chi connectivity index (χ0v) is 12.3. The van der Waals surface area contributed by atoms with Crippen molar-refractivity contribution in [1.29, 1.82) is 0 Å². The minimum atomic E-state index is 0.0473. The molecule has 0 amide bonds. The van der Waals surface area contributed by atoms with Crippen molar-refractivity contribution < 1.29 is 9.59 Å². The van der Waals surface area contributed by atoms with Crippen molar-refractivity contribution in [3.8, 4) is 0 Å². The van der Waals surface area contributed by atoms with Crippen LogP contribution >= 0.6 is 0 Å². The Kier molecular flexibility index (Phi) is 7.69. The van der Waals surface area contributed by atoms with Gasteiger partial charge in [0.15, 0.2) is 0 Å². The lowest BCUT2D eigenvalue weighted by Gasteiger charge is -2.20. The highest BCUT2D eigenvalue weighted by molar-refractivity contribution is 5.86. The second-order valence-electron chi connectivity index (χ2n) is 5.81. The molecule has 1 fully saturated rings. The molecule has 2 nitrogen and oxygen atoms in total. The van der Waals surface area contributed by atoms with Gasteiger partial charge in [-0.05, 0) is 25.2 Å². The largest absolute Gasteiger partial charge is 0.303 e. The number of carbonyl (C=O) groups is 2. The Balaban J connectivity index is 2.36. The van der Waals surface area contributed by atoms with Crippen LogP contribution in [0.15, 0.2) is 12.2 Å². The molecule has 1 aliphatic rings. The highest BCUT2D eigenvalue weighted by Gasteiger charge is 2.35. The Bertz CT molecular complexity index is 306. The number of ketones is 1. The molecule has 1 unspecified atom stereocenters. The first-order valence-corrected chi connectivity index (χ1v) is 7.84. The van der Waals surface area contributed by atoms with Crippen LogP contribution in [0.25, 0.3) is 0 Å². The average molecular weight is 264 g/mol. The van der Waals surface area contributed by atoms with Crippen LogP contribution in [-0.2, 0) is 9.59 Å². The van der Waals surface area contributed by atoms with Crippen molar-refractivity contribution in [3.63, 3.8) is 0 Å². The van der Waals surface area contributed by atoms with E-state index in [4.69, 9.17) is 0 Å². The van der Waals surface area contributed by atoms with Crippen LogP contribution in [0.2, 0.25) is 0 Å². The predicted molar refractivity (Wildman–Crippen MR) is 79.0 cm³/mol. The first-order valence-electron chi connectivity index (χ1n) is 7.84. The molecule has 108 valence electrons. The minimum Gasteiger partial charge on any atom is -0.303 e. The molecule has 0 N–H and O–H groups in total. The molecule has 0 spiro atoms. The number of hydrogen-bond acceptors (Lipinski definition) is 2. The highest BCUT2D eigenvalue weighted by Crippen LogP contribution is 2.38. The average Bonchev–Trinajstić information content (AvgIpc) is 2.77. The van der Waals surface area contributed by atoms with Gasteiger partial charge in [-0.15, -0.1) is 0 Å². The molecule has 0 aromatic heterocycles. The van der Waals surface area contributed by atoms with Crippen LogP contribution in [0.1, 0.15) is 71.1 Å². The normalized spacial score (nSPS) is 22.7. The Morgan fingerprint density at radius 3 is 2.74 bits per heavy atom. The van der Waals surface area contributed by atoms with Crippen molar-refractivity contribution in [2.75, 3.05) is 0 Å². The van der Waals surface area contributed by atoms with E-state index in [1.165, 1.54) is 32.1 Å². The van der Waals surface area contributed by atoms with Crippen LogP contribution in [0.3, 0.4) is 0 Å². The molecule has 2 atom stereocenters. The van der Waals surface area contributed by atoms with Gasteiger partial charge in [0.2, 0.25) is 0 Å². The Morgan fingerprint density at radius 1 is 1.32 bits per heavy atom. The van der Waals surface area contributed by atoms with E-state index in [2.05, 4.69) is 13.5 Å². The molecule has 0 radical (unpaired) electrons. The van der Waals surface area contributed by atoms with Crippen LogP contribution in [-0.4, -0.2) is 12.1 Å². The summed E-state index contributed by atoms with van der Waals surface area (Å²) in [5, 5.41) is 0. The third kappa shape index (κ3) is 5.30. The zero-order chi connectivity index (χ0) is 14.1. The molecular weight excluding hydrogens is 236 g/mol. The molecule has 1 saturated carbocycles. The summed E-state index contributed by atoms with van der Waals surface area (Å²) in [5.41, 5.74) is 0.994. The van der Waals surface area contributed by atoms with Gasteiger partial charge in [-0.3, -0.25) is 4.79 Å². The van der Waals surface area contributed by atoms with E-state index in [1.54, 1.807) is 0 Å². The molecule has 0 aromatic rings. The number of carbonyl (C=O) groups excluding carboxylic acids is 2. The standard InChI is InChI=1S/C17H28O2/c1-3-4-5-6-7-10-15-11-12-16(19)17(15)14(2)9-8-13-18/h13,15,17H,2-12H2,1H3/t15-,17?/m0/s1. The summed E-state index contributed by atoms with van der Waals surface area (Å²) in [6, 6.07) is 0. The van der Waals surface area contributed by atoms with Gasteiger partial charge in [0.25, 0.3) is 0 Å². The second-order valence-corrected chi connectivity index (χ2v) is 5.81.